The van der Waals surface area contributed by atoms with Crippen LogP contribution in [0.2, 0.25) is 0 Å². The average Bonchev–Trinajstić information content (AvgIpc) is 2.46. The lowest BCUT2D eigenvalue weighted by Gasteiger charge is -2.19. The van der Waals surface area contributed by atoms with Gasteiger partial charge in [0.25, 0.3) is 5.91 Å². The number of fused-ring (bicyclic) bond motifs is 1. The first-order chi connectivity index (χ1) is 9.67. The fourth-order valence-electron chi connectivity index (χ4n) is 2.90. The first kappa shape index (κ1) is 14.8. The van der Waals surface area contributed by atoms with Gasteiger partial charge in [-0.05, 0) is 30.9 Å². The second-order valence-electron chi connectivity index (χ2n) is 5.52. The van der Waals surface area contributed by atoms with Gasteiger partial charge in [0, 0.05) is 23.6 Å². The molecule has 1 aromatic carbocycles. The van der Waals surface area contributed by atoms with Crippen molar-refractivity contribution in [3.05, 3.63) is 34.9 Å². The highest BCUT2D eigenvalue weighted by Gasteiger charge is 2.22. The number of amides is 1. The third-order valence-corrected chi connectivity index (χ3v) is 3.96. The van der Waals surface area contributed by atoms with Gasteiger partial charge in [0.15, 0.2) is 5.78 Å². The molecule has 1 aliphatic rings. The van der Waals surface area contributed by atoms with Gasteiger partial charge in [0.2, 0.25) is 0 Å². The van der Waals surface area contributed by atoms with Gasteiger partial charge in [-0.25, -0.2) is 0 Å². The molecule has 0 saturated carbocycles. The summed E-state index contributed by atoms with van der Waals surface area (Å²) in [6, 6.07) is 5.61. The Labute approximate surface area is 120 Å². The molecule has 1 aliphatic heterocycles. The normalized spacial score (nSPS) is 14.1. The number of Topliss-reactive ketones (excluding diaryl/α,β-unsaturated/α-hetero) is 1. The lowest BCUT2D eigenvalue weighted by Crippen LogP contribution is -2.32. The molecule has 3 heteroatoms. The number of rotatable bonds is 6. The Hall–Kier alpha value is -1.64. The summed E-state index contributed by atoms with van der Waals surface area (Å²) < 4.78 is 0. The fourth-order valence-corrected chi connectivity index (χ4v) is 2.90. The molecule has 3 nitrogen and oxygen atoms in total. The third-order valence-electron chi connectivity index (χ3n) is 3.96. The predicted molar refractivity (Wildman–Crippen MR) is 80.1 cm³/mol. The van der Waals surface area contributed by atoms with Crippen LogP contribution in [-0.2, 0) is 6.42 Å². The van der Waals surface area contributed by atoms with Crippen LogP contribution in [0.25, 0.3) is 0 Å². The summed E-state index contributed by atoms with van der Waals surface area (Å²) in [6.45, 7) is 4.90. The maximum absolute atomic E-state index is 12.6. The summed E-state index contributed by atoms with van der Waals surface area (Å²) in [5.74, 6) is 0.230. The molecule has 0 radical (unpaired) electrons. The second-order valence-corrected chi connectivity index (χ2v) is 5.52. The van der Waals surface area contributed by atoms with Gasteiger partial charge in [-0.2, -0.15) is 0 Å². The summed E-state index contributed by atoms with van der Waals surface area (Å²) in [5, 5.41) is 2.83. The van der Waals surface area contributed by atoms with Crippen molar-refractivity contribution in [2.24, 2.45) is 5.92 Å². The number of carbonyl (C=O) groups excluding carboxylic acids is 2. The Morgan fingerprint density at radius 2 is 1.95 bits per heavy atom. The third kappa shape index (κ3) is 3.09. The van der Waals surface area contributed by atoms with Gasteiger partial charge in [0.1, 0.15) is 0 Å². The van der Waals surface area contributed by atoms with Gasteiger partial charge in [-0.3, -0.25) is 9.59 Å². The number of carbonyl (C=O) groups is 2. The van der Waals surface area contributed by atoms with Crippen LogP contribution in [0.1, 0.15) is 65.8 Å². The number of benzene rings is 1. The monoisotopic (exact) mass is 273 g/mol. The van der Waals surface area contributed by atoms with Crippen LogP contribution >= 0.6 is 0 Å². The Balaban J connectivity index is 2.25. The standard InChI is InChI=1S/C17H23NO2/c1-3-5-13(6-4-2)16(19)14-8-7-12-9-10-18-17(20)15(12)11-14/h7-8,11,13H,3-6,9-10H2,1-2H3,(H,18,20). The van der Waals surface area contributed by atoms with Crippen LogP contribution in [0.5, 0.6) is 0 Å². The molecule has 0 bridgehead atoms. The maximum atomic E-state index is 12.6. The van der Waals surface area contributed by atoms with E-state index in [1.165, 1.54) is 0 Å². The minimum Gasteiger partial charge on any atom is -0.352 e. The maximum Gasteiger partial charge on any atom is 0.251 e. The molecule has 20 heavy (non-hydrogen) atoms. The van der Waals surface area contributed by atoms with E-state index >= 15 is 0 Å². The van der Waals surface area contributed by atoms with E-state index in [1.807, 2.05) is 12.1 Å². The molecule has 0 aromatic heterocycles. The predicted octanol–water partition coefficient (Wildman–Crippen LogP) is 3.37. The van der Waals surface area contributed by atoms with Crippen LogP contribution < -0.4 is 5.32 Å². The quantitative estimate of drug-likeness (QED) is 0.808. The van der Waals surface area contributed by atoms with E-state index in [1.54, 1.807) is 6.07 Å². The molecule has 0 aliphatic carbocycles. The van der Waals surface area contributed by atoms with E-state index < -0.39 is 0 Å². The SMILES string of the molecule is CCCC(CCC)C(=O)c1ccc2c(c1)C(=O)NCC2. The van der Waals surface area contributed by atoms with Crippen LogP contribution in [0.3, 0.4) is 0 Å². The van der Waals surface area contributed by atoms with E-state index in [0.29, 0.717) is 17.7 Å². The minimum absolute atomic E-state index is 0.0524. The Bertz CT molecular complexity index is 502. The van der Waals surface area contributed by atoms with Crippen molar-refractivity contribution in [1.29, 1.82) is 0 Å². The molecule has 0 saturated heterocycles. The van der Waals surface area contributed by atoms with Crippen molar-refractivity contribution in [3.8, 4) is 0 Å². The van der Waals surface area contributed by atoms with E-state index in [9.17, 15) is 9.59 Å². The lowest BCUT2D eigenvalue weighted by molar-refractivity contribution is 0.0905. The molecule has 1 heterocycles. The molecule has 1 N–H and O–H groups in total. The van der Waals surface area contributed by atoms with Crippen molar-refractivity contribution < 1.29 is 9.59 Å². The molecule has 0 unspecified atom stereocenters. The van der Waals surface area contributed by atoms with Crippen molar-refractivity contribution >= 4 is 11.7 Å². The highest BCUT2D eigenvalue weighted by molar-refractivity contribution is 6.02. The molecule has 2 rings (SSSR count). The van der Waals surface area contributed by atoms with Gasteiger partial charge >= 0.3 is 0 Å². The van der Waals surface area contributed by atoms with Crippen LogP contribution in [-0.4, -0.2) is 18.2 Å². The molecule has 1 amide bonds. The largest absolute Gasteiger partial charge is 0.352 e. The molecule has 108 valence electrons. The Kier molecular flexibility index (Phi) is 4.94. The molecular formula is C17H23NO2. The molecule has 1 aromatic rings. The van der Waals surface area contributed by atoms with Gasteiger partial charge in [0.05, 0.1) is 0 Å². The summed E-state index contributed by atoms with van der Waals surface area (Å²) in [4.78, 5) is 24.4. The van der Waals surface area contributed by atoms with E-state index in [2.05, 4.69) is 19.2 Å². The van der Waals surface area contributed by atoms with Crippen LogP contribution in [0, 0.1) is 5.92 Å². The zero-order chi connectivity index (χ0) is 14.5. The highest BCUT2D eigenvalue weighted by Crippen LogP contribution is 2.22. The average molecular weight is 273 g/mol. The van der Waals surface area contributed by atoms with Crippen molar-refractivity contribution in [2.45, 2.75) is 46.0 Å². The summed E-state index contributed by atoms with van der Waals surface area (Å²) in [7, 11) is 0. The van der Waals surface area contributed by atoms with Crippen molar-refractivity contribution in [3.63, 3.8) is 0 Å². The molecule has 0 spiro atoms. The fraction of sp³-hybridized carbons (Fsp3) is 0.529. The zero-order valence-electron chi connectivity index (χ0n) is 12.4. The first-order valence-corrected chi connectivity index (χ1v) is 7.62. The van der Waals surface area contributed by atoms with Crippen LogP contribution in [0.4, 0.5) is 0 Å². The smallest absolute Gasteiger partial charge is 0.251 e. The molecular weight excluding hydrogens is 250 g/mol. The van der Waals surface area contributed by atoms with Gasteiger partial charge in [-0.15, -0.1) is 0 Å². The Morgan fingerprint density at radius 3 is 2.60 bits per heavy atom. The zero-order valence-corrected chi connectivity index (χ0v) is 12.4. The number of hydrogen-bond acceptors (Lipinski definition) is 2. The number of ketones is 1. The number of hydrogen-bond donors (Lipinski definition) is 1. The van der Waals surface area contributed by atoms with E-state index in [4.69, 9.17) is 0 Å². The van der Waals surface area contributed by atoms with Gasteiger partial charge < -0.3 is 5.32 Å². The number of nitrogens with one attached hydrogen (secondary N) is 1. The van der Waals surface area contributed by atoms with Crippen LogP contribution in [0.15, 0.2) is 18.2 Å². The molecule has 0 fully saturated rings. The Morgan fingerprint density at radius 1 is 1.25 bits per heavy atom. The summed E-state index contributed by atoms with van der Waals surface area (Å²) >= 11 is 0. The lowest BCUT2D eigenvalue weighted by atomic mass is 9.87. The summed E-state index contributed by atoms with van der Waals surface area (Å²) in [6.07, 6.45) is 4.73. The van der Waals surface area contributed by atoms with Crippen molar-refractivity contribution in [1.82, 2.24) is 5.32 Å². The highest BCUT2D eigenvalue weighted by atomic mass is 16.1. The minimum atomic E-state index is -0.0524. The topological polar surface area (TPSA) is 46.2 Å². The second kappa shape index (κ2) is 6.69. The van der Waals surface area contributed by atoms with Crippen molar-refractivity contribution in [2.75, 3.05) is 6.54 Å². The van der Waals surface area contributed by atoms with E-state index in [0.717, 1.165) is 37.7 Å². The summed E-state index contributed by atoms with van der Waals surface area (Å²) in [5.41, 5.74) is 2.41. The molecule has 0 atom stereocenters. The van der Waals surface area contributed by atoms with E-state index in [-0.39, 0.29) is 17.6 Å². The first-order valence-electron chi connectivity index (χ1n) is 7.62. The van der Waals surface area contributed by atoms with Gasteiger partial charge in [-0.1, -0.05) is 38.8 Å².